The standard InChI is InChI=1S/C34H30N2O4/c1-40-33(39)34(19-5-6-20-34)36-22-28-14-13-27(21-30(28)32(36)38)25-15-17-29(18-16-25)35-31(37)26-11-9-24(10-12-26)23-7-3-2-4-8-23/h2-4,7-18,21H,5-6,19-20,22H2,1H3,(H,35,37). The van der Waals surface area contributed by atoms with Crippen LogP contribution in [0.15, 0.2) is 97.1 Å². The van der Waals surface area contributed by atoms with E-state index in [1.807, 2.05) is 97.1 Å². The first kappa shape index (κ1) is 25.6. The predicted molar refractivity (Wildman–Crippen MR) is 155 cm³/mol. The van der Waals surface area contributed by atoms with Gasteiger partial charge in [0.05, 0.1) is 7.11 Å². The lowest BCUT2D eigenvalue weighted by Crippen LogP contribution is -2.53. The smallest absolute Gasteiger partial charge is 0.331 e. The molecule has 2 aliphatic rings. The lowest BCUT2D eigenvalue weighted by Gasteiger charge is -2.35. The van der Waals surface area contributed by atoms with Crippen LogP contribution in [0.2, 0.25) is 0 Å². The maximum atomic E-state index is 13.5. The fourth-order valence-corrected chi connectivity index (χ4v) is 5.95. The molecule has 200 valence electrons. The van der Waals surface area contributed by atoms with Crippen molar-refractivity contribution < 1.29 is 19.1 Å². The zero-order valence-electron chi connectivity index (χ0n) is 22.4. The van der Waals surface area contributed by atoms with Crippen LogP contribution in [-0.4, -0.2) is 35.3 Å². The van der Waals surface area contributed by atoms with Crippen molar-refractivity contribution in [3.05, 3.63) is 114 Å². The van der Waals surface area contributed by atoms with Gasteiger partial charge >= 0.3 is 5.97 Å². The van der Waals surface area contributed by atoms with Gasteiger partial charge in [0.1, 0.15) is 5.54 Å². The quantitative estimate of drug-likeness (QED) is 0.281. The molecule has 0 aromatic heterocycles. The zero-order valence-corrected chi connectivity index (χ0v) is 22.4. The number of methoxy groups -OCH3 is 1. The summed E-state index contributed by atoms with van der Waals surface area (Å²) >= 11 is 0. The summed E-state index contributed by atoms with van der Waals surface area (Å²) in [4.78, 5) is 40.8. The summed E-state index contributed by atoms with van der Waals surface area (Å²) in [7, 11) is 1.39. The molecule has 1 heterocycles. The van der Waals surface area contributed by atoms with E-state index in [2.05, 4.69) is 5.32 Å². The first-order valence-electron chi connectivity index (χ1n) is 13.6. The minimum Gasteiger partial charge on any atom is -0.467 e. The van der Waals surface area contributed by atoms with Crippen molar-refractivity contribution >= 4 is 23.5 Å². The molecule has 1 aliphatic carbocycles. The molecule has 4 aromatic rings. The van der Waals surface area contributed by atoms with Gasteiger partial charge in [0.15, 0.2) is 0 Å². The summed E-state index contributed by atoms with van der Waals surface area (Å²) in [5.41, 5.74) is 5.95. The van der Waals surface area contributed by atoms with Crippen molar-refractivity contribution in [1.29, 1.82) is 0 Å². The summed E-state index contributed by atoms with van der Waals surface area (Å²) in [5, 5.41) is 2.96. The average Bonchev–Trinajstić information content (AvgIpc) is 3.63. The van der Waals surface area contributed by atoms with Gasteiger partial charge < -0.3 is 15.0 Å². The first-order chi connectivity index (χ1) is 19.5. The van der Waals surface area contributed by atoms with Crippen LogP contribution < -0.4 is 5.32 Å². The highest BCUT2D eigenvalue weighted by molar-refractivity contribution is 6.05. The van der Waals surface area contributed by atoms with E-state index >= 15 is 0 Å². The molecule has 4 aromatic carbocycles. The van der Waals surface area contributed by atoms with Crippen molar-refractivity contribution in [2.24, 2.45) is 0 Å². The minimum atomic E-state index is -0.868. The van der Waals surface area contributed by atoms with E-state index in [1.165, 1.54) is 7.11 Å². The summed E-state index contributed by atoms with van der Waals surface area (Å²) in [6.45, 7) is 0.418. The lowest BCUT2D eigenvalue weighted by atomic mass is 9.95. The molecule has 1 fully saturated rings. The second-order valence-corrected chi connectivity index (χ2v) is 10.5. The molecule has 1 saturated carbocycles. The lowest BCUT2D eigenvalue weighted by molar-refractivity contribution is -0.153. The largest absolute Gasteiger partial charge is 0.467 e. The summed E-state index contributed by atoms with van der Waals surface area (Å²) in [5.74, 6) is -0.621. The Hall–Kier alpha value is -4.71. The molecule has 0 spiro atoms. The summed E-state index contributed by atoms with van der Waals surface area (Å²) in [6.07, 6.45) is 3.08. The predicted octanol–water partition coefficient (Wildman–Crippen LogP) is 6.71. The number of fused-ring (bicyclic) bond motifs is 1. The number of anilines is 1. The van der Waals surface area contributed by atoms with Gasteiger partial charge in [-0.05, 0) is 71.0 Å². The van der Waals surface area contributed by atoms with Crippen LogP contribution in [0.3, 0.4) is 0 Å². The first-order valence-corrected chi connectivity index (χ1v) is 13.6. The van der Waals surface area contributed by atoms with Gasteiger partial charge in [-0.3, -0.25) is 9.59 Å². The van der Waals surface area contributed by atoms with Gasteiger partial charge in [0.2, 0.25) is 0 Å². The Morgan fingerprint density at radius 3 is 2.05 bits per heavy atom. The van der Waals surface area contributed by atoms with Crippen LogP contribution in [-0.2, 0) is 16.1 Å². The van der Waals surface area contributed by atoms with E-state index in [-0.39, 0.29) is 17.8 Å². The number of hydrogen-bond donors (Lipinski definition) is 1. The summed E-state index contributed by atoms with van der Waals surface area (Å²) in [6, 6.07) is 31.0. The number of hydrogen-bond acceptors (Lipinski definition) is 4. The number of benzene rings is 4. The fourth-order valence-electron chi connectivity index (χ4n) is 5.95. The van der Waals surface area contributed by atoms with Crippen LogP contribution >= 0.6 is 0 Å². The topological polar surface area (TPSA) is 75.7 Å². The van der Waals surface area contributed by atoms with Crippen LogP contribution in [0.1, 0.15) is 52.0 Å². The highest BCUT2D eigenvalue weighted by Crippen LogP contribution is 2.42. The second-order valence-electron chi connectivity index (χ2n) is 10.5. The Balaban J connectivity index is 1.16. The molecule has 1 N–H and O–H groups in total. The normalized spacial score (nSPS) is 15.5. The van der Waals surface area contributed by atoms with Crippen LogP contribution in [0.4, 0.5) is 5.69 Å². The molecule has 6 heteroatoms. The fraction of sp³-hybridized carbons (Fsp3) is 0.206. The minimum absolute atomic E-state index is 0.119. The molecule has 6 rings (SSSR count). The molecule has 0 saturated heterocycles. The van der Waals surface area contributed by atoms with Gasteiger partial charge in [0, 0.05) is 23.4 Å². The van der Waals surface area contributed by atoms with Gasteiger partial charge in [-0.15, -0.1) is 0 Å². The molecular formula is C34H30N2O4. The van der Waals surface area contributed by atoms with E-state index in [4.69, 9.17) is 4.74 Å². The van der Waals surface area contributed by atoms with Crippen LogP contribution in [0.5, 0.6) is 0 Å². The van der Waals surface area contributed by atoms with Crippen LogP contribution in [0, 0.1) is 0 Å². The molecule has 1 aliphatic heterocycles. The molecular weight excluding hydrogens is 500 g/mol. The molecule has 0 bridgehead atoms. The Bertz CT molecular complexity index is 1570. The Kier molecular flexibility index (Phi) is 6.68. The number of amides is 2. The number of rotatable bonds is 6. The maximum Gasteiger partial charge on any atom is 0.331 e. The Morgan fingerprint density at radius 2 is 1.38 bits per heavy atom. The van der Waals surface area contributed by atoms with E-state index in [0.29, 0.717) is 36.2 Å². The van der Waals surface area contributed by atoms with Crippen molar-refractivity contribution in [2.45, 2.75) is 37.8 Å². The highest BCUT2D eigenvalue weighted by atomic mass is 16.5. The molecule has 0 atom stereocenters. The van der Waals surface area contributed by atoms with E-state index in [1.54, 1.807) is 4.90 Å². The second kappa shape index (κ2) is 10.5. The molecule has 6 nitrogen and oxygen atoms in total. The van der Waals surface area contributed by atoms with Crippen molar-refractivity contribution in [1.82, 2.24) is 4.90 Å². The molecule has 40 heavy (non-hydrogen) atoms. The number of ether oxygens (including phenoxy) is 1. The van der Waals surface area contributed by atoms with Crippen molar-refractivity contribution in [2.75, 3.05) is 12.4 Å². The van der Waals surface area contributed by atoms with Gasteiger partial charge in [-0.1, -0.05) is 79.6 Å². The average molecular weight is 531 g/mol. The maximum absolute atomic E-state index is 13.5. The number of esters is 1. The number of carbonyl (C=O) groups excluding carboxylic acids is 3. The van der Waals surface area contributed by atoms with Crippen molar-refractivity contribution in [3.63, 3.8) is 0 Å². The molecule has 0 unspecified atom stereocenters. The van der Waals surface area contributed by atoms with E-state index < -0.39 is 5.54 Å². The SMILES string of the molecule is COC(=O)C1(N2Cc3ccc(-c4ccc(NC(=O)c5ccc(-c6ccccc6)cc5)cc4)cc3C2=O)CCCC1. The number of nitrogens with one attached hydrogen (secondary N) is 1. The Labute approximate surface area is 233 Å². The van der Waals surface area contributed by atoms with Gasteiger partial charge in [-0.25, -0.2) is 4.79 Å². The highest BCUT2D eigenvalue weighted by Gasteiger charge is 2.51. The number of carbonyl (C=O) groups is 3. The zero-order chi connectivity index (χ0) is 27.7. The third-order valence-electron chi connectivity index (χ3n) is 8.16. The monoisotopic (exact) mass is 530 g/mol. The van der Waals surface area contributed by atoms with Crippen molar-refractivity contribution in [3.8, 4) is 22.3 Å². The van der Waals surface area contributed by atoms with Crippen LogP contribution in [0.25, 0.3) is 22.3 Å². The summed E-state index contributed by atoms with van der Waals surface area (Å²) < 4.78 is 5.12. The van der Waals surface area contributed by atoms with Gasteiger partial charge in [-0.2, -0.15) is 0 Å². The molecule has 0 radical (unpaired) electrons. The van der Waals surface area contributed by atoms with E-state index in [9.17, 15) is 14.4 Å². The third kappa shape index (κ3) is 4.56. The van der Waals surface area contributed by atoms with Gasteiger partial charge in [0.25, 0.3) is 11.8 Å². The van der Waals surface area contributed by atoms with E-state index in [0.717, 1.165) is 40.7 Å². The Morgan fingerprint density at radius 1 is 0.775 bits per heavy atom. The third-order valence-corrected chi connectivity index (χ3v) is 8.16. The number of nitrogens with zero attached hydrogens (tertiary/aromatic N) is 1. The molecule has 2 amide bonds.